The molecule has 0 fully saturated rings. The molecule has 1 N–H and O–H groups in total. The molecule has 1 amide bonds. The van der Waals surface area contributed by atoms with E-state index in [0.717, 1.165) is 30.2 Å². The molecule has 0 radical (unpaired) electrons. The number of nitrogens with one attached hydrogen (secondary N) is 1. The Hall–Kier alpha value is -2.45. The van der Waals surface area contributed by atoms with Gasteiger partial charge in [0.15, 0.2) is 5.82 Å². The van der Waals surface area contributed by atoms with Crippen LogP contribution in [-0.2, 0) is 14.8 Å². The van der Waals surface area contributed by atoms with Crippen molar-refractivity contribution in [3.05, 3.63) is 53.1 Å². The van der Waals surface area contributed by atoms with Crippen LogP contribution in [0.25, 0.3) is 6.08 Å². The van der Waals surface area contributed by atoms with Crippen LogP contribution in [0.4, 0.5) is 5.82 Å². The Bertz CT molecular complexity index is 876. The highest BCUT2D eigenvalue weighted by Gasteiger charge is 2.22. The van der Waals surface area contributed by atoms with E-state index in [1.807, 2.05) is 30.3 Å². The summed E-state index contributed by atoms with van der Waals surface area (Å²) < 4.78 is 31.7. The molecule has 28 heavy (non-hydrogen) atoms. The number of aromatic nitrogens is 1. The van der Waals surface area contributed by atoms with Gasteiger partial charge in [-0.25, -0.2) is 8.42 Å². The van der Waals surface area contributed by atoms with Crippen LogP contribution in [0.15, 0.2) is 46.3 Å². The van der Waals surface area contributed by atoms with Crippen LogP contribution in [0.2, 0.25) is 0 Å². The molecule has 2 rings (SSSR count). The highest BCUT2D eigenvalue weighted by atomic mass is 32.2. The number of rotatable bonds is 11. The van der Waals surface area contributed by atoms with Gasteiger partial charge in [0.05, 0.1) is 6.54 Å². The molecule has 0 saturated carbocycles. The smallest absolute Gasteiger partial charge is 0.240 e. The van der Waals surface area contributed by atoms with Crippen molar-refractivity contribution in [3.63, 3.8) is 0 Å². The average Bonchev–Trinajstić information content (AvgIpc) is 3.08. The summed E-state index contributed by atoms with van der Waals surface area (Å²) in [5, 5.41) is 7.41. The molecular weight excluding hydrogens is 378 g/mol. The van der Waals surface area contributed by atoms with E-state index in [1.54, 1.807) is 13.0 Å². The van der Waals surface area contributed by atoms with Gasteiger partial charge >= 0.3 is 0 Å². The second-order valence-corrected chi connectivity index (χ2v) is 8.34. The molecule has 0 bridgehead atoms. The van der Waals surface area contributed by atoms with Crippen molar-refractivity contribution < 1.29 is 17.7 Å². The summed E-state index contributed by atoms with van der Waals surface area (Å²) >= 11 is 0. The largest absolute Gasteiger partial charge is 0.360 e. The molecule has 0 aliphatic rings. The van der Waals surface area contributed by atoms with Crippen LogP contribution in [0.1, 0.15) is 43.9 Å². The van der Waals surface area contributed by atoms with Gasteiger partial charge in [-0.05, 0) is 25.0 Å². The monoisotopic (exact) mass is 405 g/mol. The number of aryl methyl sites for hydroxylation is 1. The number of carbonyl (C=O) groups is 1. The van der Waals surface area contributed by atoms with Crippen LogP contribution in [0.5, 0.6) is 0 Å². The number of sulfonamides is 1. The third-order valence-electron chi connectivity index (χ3n) is 4.07. The number of hydrogen-bond acceptors (Lipinski definition) is 5. The molecule has 0 unspecified atom stereocenters. The number of benzene rings is 1. The van der Waals surface area contributed by atoms with Crippen molar-refractivity contribution in [2.24, 2.45) is 0 Å². The van der Waals surface area contributed by atoms with Crippen LogP contribution >= 0.6 is 0 Å². The zero-order valence-electron chi connectivity index (χ0n) is 16.3. The van der Waals surface area contributed by atoms with E-state index < -0.39 is 15.9 Å². The van der Waals surface area contributed by atoms with E-state index in [4.69, 9.17) is 4.52 Å². The molecule has 0 atom stereocenters. The summed E-state index contributed by atoms with van der Waals surface area (Å²) in [4.78, 5) is 12.3. The predicted octanol–water partition coefficient (Wildman–Crippen LogP) is 3.80. The second kappa shape index (κ2) is 10.8. The Morgan fingerprint density at radius 3 is 2.61 bits per heavy atom. The molecule has 1 aromatic heterocycles. The highest BCUT2D eigenvalue weighted by Crippen LogP contribution is 2.12. The van der Waals surface area contributed by atoms with Crippen molar-refractivity contribution in [2.75, 3.05) is 18.4 Å². The zero-order chi connectivity index (χ0) is 20.4. The number of hydrogen-bond donors (Lipinski definition) is 1. The molecule has 152 valence electrons. The van der Waals surface area contributed by atoms with Gasteiger partial charge in [-0.1, -0.05) is 61.7 Å². The van der Waals surface area contributed by atoms with E-state index in [-0.39, 0.29) is 18.9 Å². The van der Waals surface area contributed by atoms with Crippen molar-refractivity contribution in [2.45, 2.75) is 39.5 Å². The quantitative estimate of drug-likeness (QED) is 0.574. The van der Waals surface area contributed by atoms with Gasteiger partial charge in [-0.2, -0.15) is 4.31 Å². The minimum Gasteiger partial charge on any atom is -0.360 e. The maximum atomic E-state index is 12.8. The van der Waals surface area contributed by atoms with Gasteiger partial charge in [0.2, 0.25) is 15.9 Å². The summed E-state index contributed by atoms with van der Waals surface area (Å²) in [7, 11) is -3.74. The lowest BCUT2D eigenvalue weighted by molar-refractivity contribution is -0.116. The fourth-order valence-electron chi connectivity index (χ4n) is 2.59. The molecule has 2 aromatic rings. The summed E-state index contributed by atoms with van der Waals surface area (Å²) in [5.41, 5.74) is 0.777. The first kappa shape index (κ1) is 21.8. The van der Waals surface area contributed by atoms with E-state index in [0.29, 0.717) is 12.2 Å². The Balaban J connectivity index is 2.07. The fourth-order valence-corrected chi connectivity index (χ4v) is 3.78. The zero-order valence-corrected chi connectivity index (χ0v) is 17.1. The Kier molecular flexibility index (Phi) is 8.41. The lowest BCUT2D eigenvalue weighted by atomic mass is 10.2. The number of amides is 1. The molecular formula is C20H27N3O4S. The van der Waals surface area contributed by atoms with Gasteiger partial charge < -0.3 is 9.84 Å². The van der Waals surface area contributed by atoms with Gasteiger partial charge in [0.1, 0.15) is 5.76 Å². The van der Waals surface area contributed by atoms with E-state index in [1.165, 1.54) is 10.4 Å². The molecule has 0 aliphatic carbocycles. The molecule has 1 heterocycles. The first-order chi connectivity index (χ1) is 13.4. The van der Waals surface area contributed by atoms with Crippen molar-refractivity contribution in [1.29, 1.82) is 0 Å². The molecule has 1 aromatic carbocycles. The molecule has 8 heteroatoms. The van der Waals surface area contributed by atoms with E-state index >= 15 is 0 Å². The van der Waals surface area contributed by atoms with Gasteiger partial charge in [-0.3, -0.25) is 4.79 Å². The van der Waals surface area contributed by atoms with Crippen molar-refractivity contribution in [1.82, 2.24) is 9.46 Å². The predicted molar refractivity (Wildman–Crippen MR) is 110 cm³/mol. The molecule has 0 saturated heterocycles. The first-order valence-electron chi connectivity index (χ1n) is 9.37. The van der Waals surface area contributed by atoms with E-state index in [2.05, 4.69) is 17.4 Å². The summed E-state index contributed by atoms with van der Waals surface area (Å²) in [6.07, 6.45) is 5.22. The molecule has 0 spiro atoms. The average molecular weight is 406 g/mol. The topological polar surface area (TPSA) is 92.5 Å². The highest BCUT2D eigenvalue weighted by molar-refractivity contribution is 7.92. The van der Waals surface area contributed by atoms with Gasteiger partial charge in [0, 0.05) is 18.0 Å². The number of carbonyl (C=O) groups excluding carboxylic acids is 1. The Morgan fingerprint density at radius 2 is 1.96 bits per heavy atom. The Labute approximate surface area is 166 Å². The SMILES string of the molecule is CCCCCCN(CC(=O)Nc1cc(C)on1)S(=O)(=O)C=Cc1ccccc1. The van der Waals surface area contributed by atoms with Gasteiger partial charge in [0.25, 0.3) is 0 Å². The maximum absolute atomic E-state index is 12.8. The maximum Gasteiger partial charge on any atom is 0.240 e. The van der Waals surface area contributed by atoms with Crippen molar-refractivity contribution in [3.8, 4) is 0 Å². The minimum absolute atomic E-state index is 0.269. The van der Waals surface area contributed by atoms with Gasteiger partial charge in [-0.15, -0.1) is 0 Å². The number of nitrogens with zero attached hydrogens (tertiary/aromatic N) is 2. The van der Waals surface area contributed by atoms with E-state index in [9.17, 15) is 13.2 Å². The second-order valence-electron chi connectivity index (χ2n) is 6.52. The van der Waals surface area contributed by atoms with Crippen molar-refractivity contribution >= 4 is 27.8 Å². The number of anilines is 1. The normalized spacial score (nSPS) is 12.0. The molecule has 7 nitrogen and oxygen atoms in total. The van der Waals surface area contributed by atoms with Crippen LogP contribution < -0.4 is 5.32 Å². The summed E-state index contributed by atoms with van der Waals surface area (Å²) in [6.45, 7) is 3.80. The summed E-state index contributed by atoms with van der Waals surface area (Å²) in [6, 6.07) is 10.7. The molecule has 0 aliphatic heterocycles. The standard InChI is InChI=1S/C20H27N3O4S/c1-3-4-5-9-13-23(16-20(24)21-19-15-17(2)27-22-19)28(25,26)14-12-18-10-7-6-8-11-18/h6-8,10-12,14-15H,3-5,9,13,16H2,1-2H3,(H,21,22,24). The lowest BCUT2D eigenvalue weighted by Crippen LogP contribution is -2.37. The first-order valence-corrected chi connectivity index (χ1v) is 10.9. The van der Waals surface area contributed by atoms with Crippen LogP contribution in [0, 0.1) is 6.92 Å². The minimum atomic E-state index is -3.74. The van der Waals surface area contributed by atoms with Crippen LogP contribution in [0.3, 0.4) is 0 Å². The third kappa shape index (κ3) is 7.28. The fraction of sp³-hybridized carbons (Fsp3) is 0.400. The lowest BCUT2D eigenvalue weighted by Gasteiger charge is -2.19. The summed E-state index contributed by atoms with van der Waals surface area (Å²) in [5.74, 6) is 0.372. The van der Waals surface area contributed by atoms with Crippen LogP contribution in [-0.4, -0.2) is 36.9 Å². The Morgan fingerprint density at radius 1 is 1.21 bits per heavy atom. The number of unbranched alkanes of at least 4 members (excludes halogenated alkanes) is 3. The third-order valence-corrected chi connectivity index (χ3v) is 5.58.